The summed E-state index contributed by atoms with van der Waals surface area (Å²) in [6, 6.07) is 12.5. The molecule has 0 unspecified atom stereocenters. The number of esters is 1. The lowest BCUT2D eigenvalue weighted by atomic mass is 9.97. The maximum absolute atomic E-state index is 12.2. The largest absolute Gasteiger partial charge is 0.496 e. The van der Waals surface area contributed by atoms with Crippen LogP contribution in [0.1, 0.15) is 42.1 Å². The molecule has 5 nitrogen and oxygen atoms in total. The van der Waals surface area contributed by atoms with E-state index in [1.165, 1.54) is 0 Å². The number of para-hydroxylation sites is 1. The summed E-state index contributed by atoms with van der Waals surface area (Å²) in [4.78, 5) is 24.3. The van der Waals surface area contributed by atoms with E-state index >= 15 is 0 Å². The number of halogens is 1. The Hall–Kier alpha value is -2.34. The summed E-state index contributed by atoms with van der Waals surface area (Å²) >= 11 is 3.32. The van der Waals surface area contributed by atoms with Crippen LogP contribution in [-0.2, 0) is 9.53 Å². The minimum absolute atomic E-state index is 0.325. The van der Waals surface area contributed by atoms with Crippen LogP contribution in [0, 0.1) is 0 Å². The summed E-state index contributed by atoms with van der Waals surface area (Å²) in [6.45, 7) is 3.85. The summed E-state index contributed by atoms with van der Waals surface area (Å²) in [5, 5.41) is 2.82. The summed E-state index contributed by atoms with van der Waals surface area (Å²) in [5.41, 5.74) is 2.15. The van der Waals surface area contributed by atoms with Gasteiger partial charge in [-0.25, -0.2) is 4.79 Å². The predicted molar refractivity (Wildman–Crippen MR) is 105 cm³/mol. The van der Waals surface area contributed by atoms with Crippen LogP contribution in [0.4, 0.5) is 5.69 Å². The van der Waals surface area contributed by atoms with Gasteiger partial charge in [0.25, 0.3) is 5.91 Å². The van der Waals surface area contributed by atoms with E-state index in [1.807, 2.05) is 24.3 Å². The Kier molecular flexibility index (Phi) is 7.21. The molecule has 0 aliphatic heterocycles. The van der Waals surface area contributed by atoms with Crippen molar-refractivity contribution < 1.29 is 19.1 Å². The van der Waals surface area contributed by atoms with Gasteiger partial charge >= 0.3 is 5.97 Å². The van der Waals surface area contributed by atoms with Crippen molar-refractivity contribution in [3.63, 3.8) is 0 Å². The molecule has 0 aliphatic carbocycles. The Morgan fingerprint density at radius 2 is 1.92 bits per heavy atom. The van der Waals surface area contributed by atoms with Gasteiger partial charge in [0, 0.05) is 5.69 Å². The number of benzene rings is 2. The number of amides is 1. The zero-order chi connectivity index (χ0) is 19.1. The second-order valence-corrected chi connectivity index (χ2v) is 6.72. The molecule has 1 amide bonds. The van der Waals surface area contributed by atoms with E-state index in [1.54, 1.807) is 25.3 Å². The molecule has 138 valence electrons. The fourth-order valence-electron chi connectivity index (χ4n) is 2.45. The van der Waals surface area contributed by atoms with Gasteiger partial charge in [0.1, 0.15) is 5.75 Å². The van der Waals surface area contributed by atoms with E-state index in [0.717, 1.165) is 17.7 Å². The van der Waals surface area contributed by atoms with Gasteiger partial charge in [0.15, 0.2) is 6.61 Å². The smallest absolute Gasteiger partial charge is 0.338 e. The van der Waals surface area contributed by atoms with Crippen molar-refractivity contribution in [1.29, 1.82) is 0 Å². The van der Waals surface area contributed by atoms with Crippen molar-refractivity contribution >= 4 is 33.5 Å². The molecule has 0 saturated carbocycles. The highest BCUT2D eigenvalue weighted by molar-refractivity contribution is 9.10. The number of ether oxygens (including phenoxy) is 2. The molecule has 0 bridgehead atoms. The van der Waals surface area contributed by atoms with E-state index in [0.29, 0.717) is 21.7 Å². The molecule has 0 aliphatic rings. The molecule has 26 heavy (non-hydrogen) atoms. The molecule has 0 spiro atoms. The quantitative estimate of drug-likeness (QED) is 0.656. The van der Waals surface area contributed by atoms with Crippen LogP contribution in [0.3, 0.4) is 0 Å². The van der Waals surface area contributed by atoms with Gasteiger partial charge in [-0.2, -0.15) is 0 Å². The molecular formula is C20H22BrNO4. The van der Waals surface area contributed by atoms with Gasteiger partial charge in [-0.05, 0) is 58.1 Å². The van der Waals surface area contributed by atoms with E-state index in [9.17, 15) is 9.59 Å². The zero-order valence-corrected chi connectivity index (χ0v) is 16.6. The van der Waals surface area contributed by atoms with Crippen molar-refractivity contribution in [2.45, 2.75) is 26.2 Å². The molecule has 1 atom stereocenters. The van der Waals surface area contributed by atoms with E-state index in [-0.39, 0.29) is 12.5 Å². The number of methoxy groups -OCH3 is 1. The summed E-state index contributed by atoms with van der Waals surface area (Å²) in [6.07, 6.45) is 0.966. The van der Waals surface area contributed by atoms with Gasteiger partial charge in [0.2, 0.25) is 0 Å². The highest BCUT2D eigenvalue weighted by Gasteiger charge is 2.14. The first-order valence-corrected chi connectivity index (χ1v) is 9.15. The third-order valence-electron chi connectivity index (χ3n) is 4.10. The molecule has 0 radical (unpaired) electrons. The highest BCUT2D eigenvalue weighted by Crippen LogP contribution is 2.27. The van der Waals surface area contributed by atoms with Crippen molar-refractivity contribution in [2.24, 2.45) is 0 Å². The van der Waals surface area contributed by atoms with Gasteiger partial charge in [-0.1, -0.05) is 32.0 Å². The number of nitrogens with one attached hydrogen (secondary N) is 1. The number of carbonyl (C=O) groups excluding carboxylic acids is 2. The molecule has 0 fully saturated rings. The minimum atomic E-state index is -0.571. The van der Waals surface area contributed by atoms with Crippen LogP contribution in [0.15, 0.2) is 46.9 Å². The van der Waals surface area contributed by atoms with E-state index in [2.05, 4.69) is 35.1 Å². The predicted octanol–water partition coefficient (Wildman–Crippen LogP) is 4.77. The highest BCUT2D eigenvalue weighted by atomic mass is 79.9. The number of anilines is 1. The van der Waals surface area contributed by atoms with Crippen molar-refractivity contribution in [2.75, 3.05) is 19.0 Å². The van der Waals surface area contributed by atoms with E-state index < -0.39 is 5.97 Å². The van der Waals surface area contributed by atoms with Crippen LogP contribution in [0.2, 0.25) is 0 Å². The van der Waals surface area contributed by atoms with Gasteiger partial charge in [0.05, 0.1) is 17.1 Å². The maximum atomic E-state index is 12.2. The number of rotatable bonds is 7. The summed E-state index contributed by atoms with van der Waals surface area (Å²) in [5.74, 6) is -0.00737. The Morgan fingerprint density at radius 1 is 1.19 bits per heavy atom. The first-order valence-electron chi connectivity index (χ1n) is 8.35. The SMILES string of the molecule is CC[C@H](C)c1ccccc1NC(=O)COC(=O)c1ccc(OC)c(Br)c1. The fraction of sp³-hybridized carbons (Fsp3) is 0.300. The van der Waals surface area contributed by atoms with Gasteiger partial charge < -0.3 is 14.8 Å². The van der Waals surface area contributed by atoms with Crippen LogP contribution >= 0.6 is 15.9 Å². The molecule has 0 heterocycles. The summed E-state index contributed by atoms with van der Waals surface area (Å²) < 4.78 is 10.9. The molecule has 2 aromatic carbocycles. The topological polar surface area (TPSA) is 64.6 Å². The average Bonchev–Trinajstić information content (AvgIpc) is 2.65. The molecule has 6 heteroatoms. The normalized spacial score (nSPS) is 11.5. The molecule has 0 saturated heterocycles. The number of hydrogen-bond acceptors (Lipinski definition) is 4. The van der Waals surface area contributed by atoms with Crippen molar-refractivity contribution in [3.8, 4) is 5.75 Å². The summed E-state index contributed by atoms with van der Waals surface area (Å²) in [7, 11) is 1.54. The lowest BCUT2D eigenvalue weighted by Crippen LogP contribution is -2.21. The van der Waals surface area contributed by atoms with Crippen molar-refractivity contribution in [1.82, 2.24) is 0 Å². The Labute approximate surface area is 161 Å². The second kappa shape index (κ2) is 9.38. The number of carbonyl (C=O) groups is 2. The van der Waals surface area contributed by atoms with E-state index in [4.69, 9.17) is 9.47 Å². The standard InChI is InChI=1S/C20H22BrNO4/c1-4-13(2)15-7-5-6-8-17(15)22-19(23)12-26-20(24)14-9-10-18(25-3)16(21)11-14/h5-11,13H,4,12H2,1-3H3,(H,22,23)/t13-/m0/s1. The molecule has 0 aromatic heterocycles. The fourth-order valence-corrected chi connectivity index (χ4v) is 3.00. The maximum Gasteiger partial charge on any atom is 0.338 e. The third-order valence-corrected chi connectivity index (χ3v) is 4.72. The van der Waals surface area contributed by atoms with Gasteiger partial charge in [-0.3, -0.25) is 4.79 Å². The lowest BCUT2D eigenvalue weighted by molar-refractivity contribution is -0.119. The van der Waals surface area contributed by atoms with Crippen LogP contribution < -0.4 is 10.1 Å². The van der Waals surface area contributed by atoms with Crippen LogP contribution in [-0.4, -0.2) is 25.6 Å². The first-order chi connectivity index (χ1) is 12.5. The molecular weight excluding hydrogens is 398 g/mol. The monoisotopic (exact) mass is 419 g/mol. The molecule has 2 rings (SSSR count). The molecule has 1 N–H and O–H groups in total. The second-order valence-electron chi connectivity index (χ2n) is 5.87. The Bertz CT molecular complexity index is 791. The molecule has 2 aromatic rings. The Balaban J connectivity index is 1.97. The lowest BCUT2D eigenvalue weighted by Gasteiger charge is -2.15. The van der Waals surface area contributed by atoms with Gasteiger partial charge in [-0.15, -0.1) is 0 Å². The third kappa shape index (κ3) is 5.08. The Morgan fingerprint density at radius 3 is 2.58 bits per heavy atom. The zero-order valence-electron chi connectivity index (χ0n) is 15.0. The number of hydrogen-bond donors (Lipinski definition) is 1. The van der Waals surface area contributed by atoms with Crippen LogP contribution in [0.25, 0.3) is 0 Å². The average molecular weight is 420 g/mol. The minimum Gasteiger partial charge on any atom is -0.496 e. The van der Waals surface area contributed by atoms with Crippen LogP contribution in [0.5, 0.6) is 5.75 Å². The van der Waals surface area contributed by atoms with Crippen molar-refractivity contribution in [3.05, 3.63) is 58.1 Å². The first kappa shape index (κ1) is 20.0.